The van der Waals surface area contributed by atoms with Crippen LogP contribution in [0, 0.1) is 0 Å². The minimum Gasteiger partial charge on any atom is -0.497 e. The maximum absolute atomic E-state index is 12.3. The minimum absolute atomic E-state index is 0.247. The van der Waals surface area contributed by atoms with E-state index < -0.39 is 0 Å². The molecule has 0 saturated heterocycles. The highest BCUT2D eigenvalue weighted by molar-refractivity contribution is 5.53. The summed E-state index contributed by atoms with van der Waals surface area (Å²) >= 11 is 0. The van der Waals surface area contributed by atoms with Crippen molar-refractivity contribution < 1.29 is 4.74 Å². The Hall–Kier alpha value is -3.15. The molecule has 0 amide bonds. The van der Waals surface area contributed by atoms with Crippen molar-refractivity contribution in [1.82, 2.24) is 15.2 Å². The zero-order valence-corrected chi connectivity index (χ0v) is 15.7. The molecule has 0 bridgehead atoms. The van der Waals surface area contributed by atoms with Crippen LogP contribution in [-0.4, -0.2) is 22.3 Å². The summed E-state index contributed by atoms with van der Waals surface area (Å²) in [6, 6.07) is 15.7. The van der Waals surface area contributed by atoms with Gasteiger partial charge in [-0.1, -0.05) is 37.6 Å². The Bertz CT molecular complexity index is 918. The smallest absolute Gasteiger partial charge is 0.274 e. The quantitative estimate of drug-likeness (QED) is 0.635. The number of rotatable bonds is 8. The largest absolute Gasteiger partial charge is 0.497 e. The van der Waals surface area contributed by atoms with Crippen LogP contribution in [0.4, 0.5) is 11.6 Å². The molecule has 6 heteroatoms. The molecular weight excluding hydrogens is 340 g/mol. The van der Waals surface area contributed by atoms with Crippen LogP contribution in [0.2, 0.25) is 0 Å². The molecule has 3 aromatic rings. The van der Waals surface area contributed by atoms with Gasteiger partial charge in [-0.25, -0.2) is 0 Å². The predicted octanol–water partition coefficient (Wildman–Crippen LogP) is 3.85. The van der Waals surface area contributed by atoms with E-state index in [9.17, 15) is 4.79 Å². The van der Waals surface area contributed by atoms with E-state index in [-0.39, 0.29) is 5.56 Å². The van der Waals surface area contributed by atoms with Gasteiger partial charge in [-0.2, -0.15) is 0 Å². The number of H-pyrrole nitrogens is 1. The summed E-state index contributed by atoms with van der Waals surface area (Å²) in [7, 11) is 1.62. The van der Waals surface area contributed by atoms with Gasteiger partial charge in [0.25, 0.3) is 5.56 Å². The highest BCUT2D eigenvalue weighted by atomic mass is 16.5. The number of unbranched alkanes of at least 4 members (excludes halogenated alkanes) is 1. The Morgan fingerprint density at radius 3 is 2.33 bits per heavy atom. The highest BCUT2D eigenvalue weighted by Gasteiger charge is 2.07. The fraction of sp³-hybridized carbons (Fsp3) is 0.286. The molecule has 1 heterocycles. The molecule has 0 unspecified atom stereocenters. The van der Waals surface area contributed by atoms with Gasteiger partial charge in [-0.15, -0.1) is 10.2 Å². The molecule has 27 heavy (non-hydrogen) atoms. The van der Waals surface area contributed by atoms with Crippen molar-refractivity contribution in [3.63, 3.8) is 0 Å². The Kier molecular flexibility index (Phi) is 6.20. The van der Waals surface area contributed by atoms with E-state index >= 15 is 0 Å². The van der Waals surface area contributed by atoms with Gasteiger partial charge in [0.1, 0.15) is 11.4 Å². The molecule has 3 rings (SSSR count). The monoisotopic (exact) mass is 364 g/mol. The number of hydrogen-bond acceptors (Lipinski definition) is 5. The zero-order chi connectivity index (χ0) is 19.1. The molecule has 0 aliphatic carbocycles. The summed E-state index contributed by atoms with van der Waals surface area (Å²) in [5, 5.41) is 11.3. The van der Waals surface area contributed by atoms with E-state index in [0.29, 0.717) is 18.1 Å². The Morgan fingerprint density at radius 2 is 1.70 bits per heavy atom. The number of hydrogen-bond donors (Lipinski definition) is 2. The van der Waals surface area contributed by atoms with Gasteiger partial charge in [-0.05, 0) is 48.2 Å². The molecule has 140 valence electrons. The van der Waals surface area contributed by atoms with Gasteiger partial charge < -0.3 is 10.1 Å². The zero-order valence-electron chi connectivity index (χ0n) is 15.7. The first-order valence-corrected chi connectivity index (χ1v) is 9.12. The van der Waals surface area contributed by atoms with Crippen molar-refractivity contribution in [2.24, 2.45) is 0 Å². The second kappa shape index (κ2) is 8.98. The van der Waals surface area contributed by atoms with Crippen LogP contribution in [0.25, 0.3) is 0 Å². The van der Waals surface area contributed by atoms with Crippen LogP contribution < -0.4 is 15.6 Å². The number of anilines is 2. The fourth-order valence-corrected chi connectivity index (χ4v) is 2.74. The number of aromatic nitrogens is 3. The lowest BCUT2D eigenvalue weighted by atomic mass is 10.1. The summed E-state index contributed by atoms with van der Waals surface area (Å²) in [5.74, 6) is 1.11. The van der Waals surface area contributed by atoms with Crippen molar-refractivity contribution in [3.05, 3.63) is 75.7 Å². The van der Waals surface area contributed by atoms with Gasteiger partial charge in [-0.3, -0.25) is 9.78 Å². The average Bonchev–Trinajstić information content (AvgIpc) is 2.70. The minimum atomic E-state index is -0.247. The molecule has 0 fully saturated rings. The van der Waals surface area contributed by atoms with Crippen LogP contribution in [0.1, 0.15) is 36.6 Å². The summed E-state index contributed by atoms with van der Waals surface area (Å²) in [6.45, 7) is 2.18. The van der Waals surface area contributed by atoms with Gasteiger partial charge in [0.2, 0.25) is 5.95 Å². The molecule has 1 aromatic heterocycles. The van der Waals surface area contributed by atoms with E-state index in [2.05, 4.69) is 39.6 Å². The molecule has 0 radical (unpaired) electrons. The van der Waals surface area contributed by atoms with Crippen molar-refractivity contribution in [2.75, 3.05) is 12.4 Å². The van der Waals surface area contributed by atoms with Crippen LogP contribution in [0.3, 0.4) is 0 Å². The topological polar surface area (TPSA) is 79.9 Å². The van der Waals surface area contributed by atoms with Crippen LogP contribution in [-0.2, 0) is 12.8 Å². The number of benzene rings is 2. The maximum Gasteiger partial charge on any atom is 0.274 e. The highest BCUT2D eigenvalue weighted by Crippen LogP contribution is 2.15. The van der Waals surface area contributed by atoms with E-state index in [4.69, 9.17) is 4.74 Å². The number of methoxy groups -OCH3 is 1. The number of aromatic amines is 1. The van der Waals surface area contributed by atoms with E-state index in [1.807, 2.05) is 36.4 Å². The van der Waals surface area contributed by atoms with E-state index in [0.717, 1.165) is 23.4 Å². The van der Waals surface area contributed by atoms with Crippen LogP contribution in [0.15, 0.2) is 53.3 Å². The maximum atomic E-state index is 12.3. The first kappa shape index (κ1) is 18.6. The second-order valence-electron chi connectivity index (χ2n) is 6.40. The van der Waals surface area contributed by atoms with Gasteiger partial charge in [0.15, 0.2) is 0 Å². The third-order valence-corrected chi connectivity index (χ3v) is 4.33. The van der Waals surface area contributed by atoms with Crippen molar-refractivity contribution in [1.29, 1.82) is 0 Å². The fourth-order valence-electron chi connectivity index (χ4n) is 2.74. The van der Waals surface area contributed by atoms with E-state index in [1.165, 1.54) is 18.4 Å². The molecule has 0 atom stereocenters. The van der Waals surface area contributed by atoms with Gasteiger partial charge >= 0.3 is 0 Å². The van der Waals surface area contributed by atoms with Crippen LogP contribution >= 0.6 is 0 Å². The molecule has 2 N–H and O–H groups in total. The normalized spacial score (nSPS) is 10.6. The number of aryl methyl sites for hydroxylation is 1. The first-order valence-electron chi connectivity index (χ1n) is 9.12. The first-order chi connectivity index (χ1) is 13.2. The summed E-state index contributed by atoms with van der Waals surface area (Å²) in [4.78, 5) is 15.1. The SMILES string of the molecule is CCCCc1ccc(Nc2nnc(Cc3ccc(OC)cc3)c(=O)[nH]2)cc1. The average molecular weight is 364 g/mol. The van der Waals surface area contributed by atoms with Crippen molar-refractivity contribution in [2.45, 2.75) is 32.6 Å². The lowest BCUT2D eigenvalue weighted by Gasteiger charge is -2.07. The molecule has 0 spiro atoms. The summed E-state index contributed by atoms with van der Waals surface area (Å²) < 4.78 is 5.14. The molecule has 0 aliphatic heterocycles. The van der Waals surface area contributed by atoms with Crippen molar-refractivity contribution in [3.8, 4) is 5.75 Å². The summed E-state index contributed by atoms with van der Waals surface area (Å²) in [6.07, 6.45) is 3.85. The standard InChI is InChI=1S/C21H24N4O2/c1-3-4-5-15-6-10-17(11-7-15)22-21-23-20(26)19(24-25-21)14-16-8-12-18(27-2)13-9-16/h6-13H,3-5,14H2,1-2H3,(H2,22,23,25,26). The number of nitrogens with zero attached hydrogens (tertiary/aromatic N) is 2. The van der Waals surface area contributed by atoms with Gasteiger partial charge in [0.05, 0.1) is 7.11 Å². The Morgan fingerprint density at radius 1 is 1.00 bits per heavy atom. The Labute approximate surface area is 158 Å². The summed E-state index contributed by atoms with van der Waals surface area (Å²) in [5.41, 5.74) is 3.27. The number of ether oxygens (including phenoxy) is 1. The molecule has 0 saturated carbocycles. The molecule has 6 nitrogen and oxygen atoms in total. The third kappa shape index (κ3) is 5.17. The third-order valence-electron chi connectivity index (χ3n) is 4.33. The molecular formula is C21H24N4O2. The predicted molar refractivity (Wildman–Crippen MR) is 107 cm³/mol. The van der Waals surface area contributed by atoms with Crippen LogP contribution in [0.5, 0.6) is 5.75 Å². The van der Waals surface area contributed by atoms with E-state index in [1.54, 1.807) is 7.11 Å². The Balaban J connectivity index is 1.66. The van der Waals surface area contributed by atoms with Gasteiger partial charge in [0, 0.05) is 12.1 Å². The van der Waals surface area contributed by atoms with Crippen molar-refractivity contribution >= 4 is 11.6 Å². The second-order valence-corrected chi connectivity index (χ2v) is 6.40. The number of nitrogens with one attached hydrogen (secondary N) is 2. The molecule has 2 aromatic carbocycles. The lowest BCUT2D eigenvalue weighted by molar-refractivity contribution is 0.414. The lowest BCUT2D eigenvalue weighted by Crippen LogP contribution is -2.18. The molecule has 0 aliphatic rings.